The van der Waals surface area contributed by atoms with E-state index in [4.69, 9.17) is 4.43 Å². The molecule has 0 unspecified atom stereocenters. The Labute approximate surface area is 224 Å². The van der Waals surface area contributed by atoms with Crippen LogP contribution in [0.15, 0.2) is 72.8 Å². The lowest BCUT2D eigenvalue weighted by molar-refractivity contribution is -0.146. The van der Waals surface area contributed by atoms with E-state index in [9.17, 15) is 9.59 Å². The minimum Gasteiger partial charge on any atom is -0.407 e. The Morgan fingerprint density at radius 2 is 1.51 bits per heavy atom. The van der Waals surface area contributed by atoms with Gasteiger partial charge in [0.05, 0.1) is 0 Å². The van der Waals surface area contributed by atoms with E-state index in [-0.39, 0.29) is 15.9 Å². The van der Waals surface area contributed by atoms with Crippen molar-refractivity contribution in [2.24, 2.45) is 10.8 Å². The highest BCUT2D eigenvalue weighted by atomic mass is 28.4. The van der Waals surface area contributed by atoms with Crippen LogP contribution in [0.2, 0.25) is 5.04 Å². The first-order valence-corrected chi connectivity index (χ1v) is 16.0. The molecule has 0 saturated heterocycles. The van der Waals surface area contributed by atoms with Gasteiger partial charge in [-0.2, -0.15) is 0 Å². The molecule has 4 heteroatoms. The summed E-state index contributed by atoms with van der Waals surface area (Å²) in [7, 11) is -2.49. The van der Waals surface area contributed by atoms with Gasteiger partial charge in [-0.3, -0.25) is 9.59 Å². The van der Waals surface area contributed by atoms with Crippen LogP contribution in [-0.2, 0) is 14.0 Å². The standard InChI is InChI=1S/C33H44O3Si/c1-31(2,3)37(28-16-9-7-10-17-28,29-18-11-8-12-19-29)36-25-14-6-5-13-22-33-23-15-20-30(35)32(33,4)24-21-27(34)26-33/h7-13,16-19,22H,5-6,14-15,20-21,23-26H2,1-4H3/b22-13+/t32-,33-/m1/s1. The molecule has 4 rings (SSSR count). The van der Waals surface area contributed by atoms with Crippen LogP contribution in [0, 0.1) is 10.8 Å². The van der Waals surface area contributed by atoms with Crippen molar-refractivity contribution in [1.82, 2.24) is 0 Å². The molecule has 2 aliphatic rings. The van der Waals surface area contributed by atoms with E-state index >= 15 is 0 Å². The summed E-state index contributed by atoms with van der Waals surface area (Å²) in [5, 5.41) is 2.62. The molecule has 2 fully saturated rings. The fourth-order valence-corrected chi connectivity index (χ4v) is 11.5. The second-order valence-corrected chi connectivity index (χ2v) is 16.7. The number of carbonyl (C=O) groups is 2. The molecule has 0 bridgehead atoms. The third kappa shape index (κ3) is 5.33. The van der Waals surface area contributed by atoms with Crippen LogP contribution in [-0.4, -0.2) is 26.5 Å². The molecule has 2 atom stereocenters. The molecule has 0 aliphatic heterocycles. The number of benzene rings is 2. The van der Waals surface area contributed by atoms with E-state index in [1.807, 2.05) is 0 Å². The maximum absolute atomic E-state index is 12.9. The zero-order chi connectivity index (χ0) is 26.6. The maximum atomic E-state index is 12.9. The van der Waals surface area contributed by atoms with Crippen LogP contribution in [0.3, 0.4) is 0 Å². The molecule has 2 aromatic carbocycles. The van der Waals surface area contributed by atoms with Crippen molar-refractivity contribution in [1.29, 1.82) is 0 Å². The molecule has 2 aliphatic carbocycles. The molecule has 0 spiro atoms. The average Bonchev–Trinajstić information content (AvgIpc) is 2.88. The second-order valence-electron chi connectivity index (χ2n) is 12.4. The Kier molecular flexibility index (Phi) is 8.40. The van der Waals surface area contributed by atoms with Gasteiger partial charge < -0.3 is 4.43 Å². The van der Waals surface area contributed by atoms with Gasteiger partial charge in [0.2, 0.25) is 0 Å². The quantitative estimate of drug-likeness (QED) is 0.209. The lowest BCUT2D eigenvalue weighted by atomic mass is 9.50. The molecule has 0 radical (unpaired) electrons. The number of ketones is 2. The zero-order valence-corrected chi connectivity index (χ0v) is 24.2. The van der Waals surface area contributed by atoms with E-state index in [0.29, 0.717) is 37.2 Å². The summed E-state index contributed by atoms with van der Waals surface area (Å²) in [5.41, 5.74) is -0.648. The Morgan fingerprint density at radius 1 is 0.892 bits per heavy atom. The molecule has 3 nitrogen and oxygen atoms in total. The van der Waals surface area contributed by atoms with Crippen LogP contribution in [0.1, 0.15) is 85.5 Å². The van der Waals surface area contributed by atoms with E-state index in [0.717, 1.165) is 38.7 Å². The number of Topliss-reactive ketones (excluding diaryl/α,β-unsaturated/α-hetero) is 2. The average molecular weight is 517 g/mol. The summed E-state index contributed by atoms with van der Waals surface area (Å²) >= 11 is 0. The Balaban J connectivity index is 1.43. The SMILES string of the molecule is CC(C)(C)[Si](OCCCC/C=C/[C@]12CCCC(=O)[C@@]1(C)CCC(=O)C2)(c1ccccc1)c1ccccc1. The maximum Gasteiger partial charge on any atom is 0.261 e. The van der Waals surface area contributed by atoms with E-state index in [1.54, 1.807) is 0 Å². The van der Waals surface area contributed by atoms with E-state index < -0.39 is 8.32 Å². The molecule has 0 amide bonds. The smallest absolute Gasteiger partial charge is 0.261 e. The van der Waals surface area contributed by atoms with Crippen molar-refractivity contribution in [2.45, 2.75) is 90.5 Å². The number of hydrogen-bond acceptors (Lipinski definition) is 3. The van der Waals surface area contributed by atoms with Gasteiger partial charge in [-0.25, -0.2) is 0 Å². The number of allylic oxidation sites excluding steroid dienone is 2. The third-order valence-electron chi connectivity index (χ3n) is 9.09. The number of fused-ring (bicyclic) bond motifs is 1. The molecule has 2 aromatic rings. The topological polar surface area (TPSA) is 43.4 Å². The summed E-state index contributed by atoms with van der Waals surface area (Å²) < 4.78 is 7.02. The van der Waals surface area contributed by atoms with Crippen molar-refractivity contribution in [3.63, 3.8) is 0 Å². The van der Waals surface area contributed by atoms with E-state index in [2.05, 4.69) is 101 Å². The Morgan fingerprint density at radius 3 is 2.11 bits per heavy atom. The largest absolute Gasteiger partial charge is 0.407 e. The summed E-state index contributed by atoms with van der Waals surface area (Å²) in [6, 6.07) is 21.6. The number of unbranched alkanes of at least 4 members (excludes halogenated alkanes) is 2. The minimum atomic E-state index is -2.49. The number of carbonyl (C=O) groups excluding carboxylic acids is 2. The fraction of sp³-hybridized carbons (Fsp3) is 0.515. The van der Waals surface area contributed by atoms with Gasteiger partial charge in [-0.05, 0) is 53.9 Å². The highest BCUT2D eigenvalue weighted by molar-refractivity contribution is 6.99. The predicted molar refractivity (Wildman–Crippen MR) is 155 cm³/mol. The Hall–Kier alpha value is -2.30. The number of hydrogen-bond donors (Lipinski definition) is 0. The molecule has 37 heavy (non-hydrogen) atoms. The summed E-state index contributed by atoms with van der Waals surface area (Å²) in [6.07, 6.45) is 11.8. The first-order chi connectivity index (χ1) is 17.6. The van der Waals surface area contributed by atoms with Crippen molar-refractivity contribution in [3.8, 4) is 0 Å². The molecule has 0 heterocycles. The van der Waals surface area contributed by atoms with Crippen LogP contribution >= 0.6 is 0 Å². The molecular weight excluding hydrogens is 472 g/mol. The van der Waals surface area contributed by atoms with Gasteiger partial charge in [0.25, 0.3) is 8.32 Å². The lowest BCUT2D eigenvalue weighted by Gasteiger charge is -2.52. The first kappa shape index (κ1) is 27.7. The van der Waals surface area contributed by atoms with Gasteiger partial charge in [-0.15, -0.1) is 0 Å². The summed E-state index contributed by atoms with van der Waals surface area (Å²) in [4.78, 5) is 25.3. The van der Waals surface area contributed by atoms with Crippen LogP contribution < -0.4 is 10.4 Å². The van der Waals surface area contributed by atoms with Crippen molar-refractivity contribution in [2.75, 3.05) is 6.61 Å². The van der Waals surface area contributed by atoms with Crippen molar-refractivity contribution in [3.05, 3.63) is 72.8 Å². The normalized spacial score (nSPS) is 24.9. The van der Waals surface area contributed by atoms with Gasteiger partial charge >= 0.3 is 0 Å². The van der Waals surface area contributed by atoms with E-state index in [1.165, 1.54) is 10.4 Å². The predicted octanol–water partition coefficient (Wildman–Crippen LogP) is 6.79. The van der Waals surface area contributed by atoms with Crippen molar-refractivity contribution < 1.29 is 14.0 Å². The first-order valence-electron chi connectivity index (χ1n) is 14.1. The molecule has 198 valence electrons. The zero-order valence-electron chi connectivity index (χ0n) is 23.2. The minimum absolute atomic E-state index is 0.0136. The van der Waals surface area contributed by atoms with Gasteiger partial charge in [0.15, 0.2) is 0 Å². The molecule has 0 aromatic heterocycles. The molecule has 0 N–H and O–H groups in total. The molecule has 2 saturated carbocycles. The van der Waals surface area contributed by atoms with Crippen molar-refractivity contribution >= 4 is 30.3 Å². The lowest BCUT2D eigenvalue weighted by Crippen LogP contribution is -2.66. The molecular formula is C33H44O3Si. The Bertz CT molecular complexity index is 1060. The van der Waals surface area contributed by atoms with Gasteiger partial charge in [-0.1, -0.05) is 101 Å². The van der Waals surface area contributed by atoms with Crippen LogP contribution in [0.25, 0.3) is 0 Å². The van der Waals surface area contributed by atoms with Gasteiger partial charge in [0, 0.05) is 36.7 Å². The summed E-state index contributed by atoms with van der Waals surface area (Å²) in [6.45, 7) is 9.78. The van der Waals surface area contributed by atoms with Crippen LogP contribution in [0.4, 0.5) is 0 Å². The highest BCUT2D eigenvalue weighted by Crippen LogP contribution is 2.57. The van der Waals surface area contributed by atoms with Gasteiger partial charge in [0.1, 0.15) is 11.6 Å². The third-order valence-corrected chi connectivity index (χ3v) is 14.1. The monoisotopic (exact) mass is 516 g/mol. The summed E-state index contributed by atoms with van der Waals surface area (Å²) in [5.74, 6) is 0.671. The number of rotatable bonds is 9. The highest BCUT2D eigenvalue weighted by Gasteiger charge is 2.55. The second kappa shape index (κ2) is 11.2. The van der Waals surface area contributed by atoms with Crippen LogP contribution in [0.5, 0.6) is 0 Å². The fourth-order valence-electron chi connectivity index (χ4n) is 6.88.